The molecule has 1 aromatic rings. The summed E-state index contributed by atoms with van der Waals surface area (Å²) in [6.45, 7) is 11.4. The molecule has 1 aromatic heterocycles. The number of hydrogen-bond donors (Lipinski definition) is 1. The minimum absolute atomic E-state index is 0.146. The Morgan fingerprint density at radius 2 is 2.11 bits per heavy atom. The van der Waals surface area contributed by atoms with Gasteiger partial charge in [0.15, 0.2) is 0 Å². The lowest BCUT2D eigenvalue weighted by molar-refractivity contribution is -0.0102. The highest BCUT2D eigenvalue weighted by atomic mass is 16.5. The Kier molecular flexibility index (Phi) is 4.91. The summed E-state index contributed by atoms with van der Waals surface area (Å²) < 4.78 is 5.42. The first-order chi connectivity index (χ1) is 9.09. The average Bonchev–Trinajstić information content (AvgIpc) is 2.47. The van der Waals surface area contributed by atoms with E-state index in [9.17, 15) is 0 Å². The first-order valence-electron chi connectivity index (χ1n) is 7.07. The van der Waals surface area contributed by atoms with Crippen LogP contribution in [-0.4, -0.2) is 48.3 Å². The van der Waals surface area contributed by atoms with Crippen molar-refractivity contribution in [1.29, 1.82) is 0 Å². The normalized spacial score (nSPS) is 19.3. The first-order valence-corrected chi connectivity index (χ1v) is 7.07. The molecule has 1 unspecified atom stereocenters. The van der Waals surface area contributed by atoms with E-state index in [1.807, 2.05) is 18.3 Å². The van der Waals surface area contributed by atoms with E-state index in [0.29, 0.717) is 0 Å². The maximum Gasteiger partial charge on any atom is 0.0594 e. The standard InChI is InChI=1S/C15H25N3O/c1-13(14-6-4-5-7-16-14)17-12-15(2,3)18-8-10-19-11-9-18/h4-7,13,17H,8-12H2,1-3H3. The highest BCUT2D eigenvalue weighted by molar-refractivity contribution is 5.07. The molecule has 0 saturated carbocycles. The monoisotopic (exact) mass is 263 g/mol. The van der Waals surface area contributed by atoms with Crippen molar-refractivity contribution >= 4 is 0 Å². The zero-order chi connectivity index (χ0) is 13.7. The molecule has 0 radical (unpaired) electrons. The van der Waals surface area contributed by atoms with E-state index < -0.39 is 0 Å². The van der Waals surface area contributed by atoms with Crippen LogP contribution in [0.5, 0.6) is 0 Å². The van der Waals surface area contributed by atoms with E-state index in [-0.39, 0.29) is 11.6 Å². The number of morpholine rings is 1. The second-order valence-electron chi connectivity index (χ2n) is 5.77. The van der Waals surface area contributed by atoms with Crippen LogP contribution in [0.3, 0.4) is 0 Å². The van der Waals surface area contributed by atoms with Gasteiger partial charge in [-0.3, -0.25) is 9.88 Å². The van der Waals surface area contributed by atoms with Crippen molar-refractivity contribution < 1.29 is 4.74 Å². The lowest BCUT2D eigenvalue weighted by Crippen LogP contribution is -2.54. The minimum atomic E-state index is 0.146. The van der Waals surface area contributed by atoms with Gasteiger partial charge in [0.1, 0.15) is 0 Å². The van der Waals surface area contributed by atoms with Crippen LogP contribution in [-0.2, 0) is 4.74 Å². The maximum absolute atomic E-state index is 5.42. The summed E-state index contributed by atoms with van der Waals surface area (Å²) in [6.07, 6.45) is 1.85. The number of pyridine rings is 1. The van der Waals surface area contributed by atoms with Crippen LogP contribution in [0, 0.1) is 0 Å². The highest BCUT2D eigenvalue weighted by Gasteiger charge is 2.28. The molecule has 0 bridgehead atoms. The van der Waals surface area contributed by atoms with Gasteiger partial charge in [-0.15, -0.1) is 0 Å². The number of rotatable bonds is 5. The predicted molar refractivity (Wildman–Crippen MR) is 77.1 cm³/mol. The van der Waals surface area contributed by atoms with Crippen LogP contribution in [0.1, 0.15) is 32.5 Å². The van der Waals surface area contributed by atoms with Crippen molar-refractivity contribution in [2.45, 2.75) is 32.4 Å². The molecular formula is C15H25N3O. The number of aromatic nitrogens is 1. The van der Waals surface area contributed by atoms with Gasteiger partial charge in [-0.1, -0.05) is 6.07 Å². The average molecular weight is 263 g/mol. The van der Waals surface area contributed by atoms with Crippen molar-refractivity contribution in [3.63, 3.8) is 0 Å². The van der Waals surface area contributed by atoms with Crippen molar-refractivity contribution in [3.05, 3.63) is 30.1 Å². The fraction of sp³-hybridized carbons (Fsp3) is 0.667. The van der Waals surface area contributed by atoms with Crippen molar-refractivity contribution in [2.24, 2.45) is 0 Å². The van der Waals surface area contributed by atoms with Crippen molar-refractivity contribution in [1.82, 2.24) is 15.2 Å². The summed E-state index contributed by atoms with van der Waals surface area (Å²) in [5.41, 5.74) is 1.24. The fourth-order valence-electron chi connectivity index (χ4n) is 2.42. The molecule has 1 aliphatic heterocycles. The van der Waals surface area contributed by atoms with Gasteiger partial charge in [0.05, 0.1) is 18.9 Å². The summed E-state index contributed by atoms with van der Waals surface area (Å²) >= 11 is 0. The van der Waals surface area contributed by atoms with E-state index in [1.54, 1.807) is 0 Å². The Hall–Kier alpha value is -0.970. The largest absolute Gasteiger partial charge is 0.379 e. The Labute approximate surface area is 116 Å². The van der Waals surface area contributed by atoms with Crippen LogP contribution in [0.2, 0.25) is 0 Å². The number of nitrogens with zero attached hydrogens (tertiary/aromatic N) is 2. The number of nitrogens with one attached hydrogen (secondary N) is 1. The van der Waals surface area contributed by atoms with Crippen LogP contribution in [0.15, 0.2) is 24.4 Å². The molecule has 4 nitrogen and oxygen atoms in total. The third-order valence-corrected chi connectivity index (χ3v) is 3.84. The predicted octanol–water partition coefficient (Wildman–Crippen LogP) is 1.84. The van der Waals surface area contributed by atoms with Gasteiger partial charge in [0, 0.05) is 37.4 Å². The van der Waals surface area contributed by atoms with Gasteiger partial charge in [0.25, 0.3) is 0 Å². The Morgan fingerprint density at radius 1 is 1.37 bits per heavy atom. The molecule has 0 spiro atoms. The molecule has 1 saturated heterocycles. The lowest BCUT2D eigenvalue weighted by Gasteiger charge is -2.41. The molecule has 4 heteroatoms. The molecule has 106 valence electrons. The topological polar surface area (TPSA) is 37.4 Å². The minimum Gasteiger partial charge on any atom is -0.379 e. The van der Waals surface area contributed by atoms with Gasteiger partial charge in [-0.05, 0) is 32.9 Å². The molecule has 0 aromatic carbocycles. The third-order valence-electron chi connectivity index (χ3n) is 3.84. The van der Waals surface area contributed by atoms with E-state index >= 15 is 0 Å². The Morgan fingerprint density at radius 3 is 2.74 bits per heavy atom. The van der Waals surface area contributed by atoms with Gasteiger partial charge in [-0.2, -0.15) is 0 Å². The molecule has 0 amide bonds. The maximum atomic E-state index is 5.42. The van der Waals surface area contributed by atoms with Gasteiger partial charge >= 0.3 is 0 Å². The molecule has 2 rings (SSSR count). The van der Waals surface area contributed by atoms with E-state index in [2.05, 4.69) is 42.0 Å². The van der Waals surface area contributed by atoms with E-state index in [1.165, 1.54) is 0 Å². The van der Waals surface area contributed by atoms with Crippen molar-refractivity contribution in [3.8, 4) is 0 Å². The lowest BCUT2D eigenvalue weighted by atomic mass is 10.0. The molecule has 1 N–H and O–H groups in total. The molecule has 1 atom stereocenters. The van der Waals surface area contributed by atoms with Crippen LogP contribution < -0.4 is 5.32 Å². The summed E-state index contributed by atoms with van der Waals surface area (Å²) in [5.74, 6) is 0. The SMILES string of the molecule is CC(NCC(C)(C)N1CCOCC1)c1ccccn1. The summed E-state index contributed by atoms with van der Waals surface area (Å²) in [4.78, 5) is 6.89. The quantitative estimate of drug-likeness (QED) is 0.879. The molecule has 0 aliphatic carbocycles. The van der Waals surface area contributed by atoms with Crippen LogP contribution in [0.25, 0.3) is 0 Å². The Bertz CT molecular complexity index is 374. The van der Waals surface area contributed by atoms with Gasteiger partial charge in [0.2, 0.25) is 0 Å². The van der Waals surface area contributed by atoms with Gasteiger partial charge < -0.3 is 10.1 Å². The molecule has 1 fully saturated rings. The molecule has 19 heavy (non-hydrogen) atoms. The summed E-state index contributed by atoms with van der Waals surface area (Å²) in [5, 5.41) is 3.59. The summed E-state index contributed by atoms with van der Waals surface area (Å²) in [7, 11) is 0. The highest BCUT2D eigenvalue weighted by Crippen LogP contribution is 2.17. The third kappa shape index (κ3) is 4.00. The number of hydrogen-bond acceptors (Lipinski definition) is 4. The van der Waals surface area contributed by atoms with E-state index in [0.717, 1.165) is 38.5 Å². The smallest absolute Gasteiger partial charge is 0.0594 e. The van der Waals surface area contributed by atoms with Gasteiger partial charge in [-0.25, -0.2) is 0 Å². The molecule has 1 aliphatic rings. The molecule has 2 heterocycles. The second kappa shape index (κ2) is 6.46. The Balaban J connectivity index is 1.86. The molecular weight excluding hydrogens is 238 g/mol. The zero-order valence-corrected chi connectivity index (χ0v) is 12.2. The first kappa shape index (κ1) is 14.4. The van der Waals surface area contributed by atoms with Crippen LogP contribution >= 0.6 is 0 Å². The fourth-order valence-corrected chi connectivity index (χ4v) is 2.42. The van der Waals surface area contributed by atoms with Crippen molar-refractivity contribution in [2.75, 3.05) is 32.8 Å². The number of ether oxygens (including phenoxy) is 1. The second-order valence-corrected chi connectivity index (χ2v) is 5.77. The zero-order valence-electron chi connectivity index (χ0n) is 12.2. The van der Waals surface area contributed by atoms with Crippen LogP contribution in [0.4, 0.5) is 0 Å². The summed E-state index contributed by atoms with van der Waals surface area (Å²) in [6, 6.07) is 6.34. The van der Waals surface area contributed by atoms with E-state index in [4.69, 9.17) is 4.74 Å².